The van der Waals surface area contributed by atoms with Crippen LogP contribution in [0.25, 0.3) is 76.5 Å². The second kappa shape index (κ2) is 11.2. The molecule has 0 amide bonds. The van der Waals surface area contributed by atoms with E-state index in [1.807, 2.05) is 48.7 Å². The molecule has 0 aliphatic carbocycles. The van der Waals surface area contributed by atoms with E-state index in [2.05, 4.69) is 113 Å². The Hall–Kier alpha value is -7.05. The number of amidine groups is 2. The fourth-order valence-electron chi connectivity index (χ4n) is 7.79. The van der Waals surface area contributed by atoms with Crippen molar-refractivity contribution in [2.45, 2.75) is 6.17 Å². The SMILES string of the molecule is c1ccc2cc(C3N=C(c4cccc5oc6ccccc6c45)N=C(c4ccc5c(-c6cccc7oc8ccncc8c67)cccc5c4)N3)ccc2c1. The smallest absolute Gasteiger partial charge is 0.160 e. The molecule has 244 valence electrons. The summed E-state index contributed by atoms with van der Waals surface area (Å²) in [5.41, 5.74) is 8.56. The molecule has 1 atom stereocenters. The van der Waals surface area contributed by atoms with Gasteiger partial charge in [0.2, 0.25) is 0 Å². The van der Waals surface area contributed by atoms with Crippen LogP contribution < -0.4 is 5.32 Å². The first kappa shape index (κ1) is 28.8. The second-order valence-electron chi connectivity index (χ2n) is 13.2. The molecule has 7 aromatic carbocycles. The maximum Gasteiger partial charge on any atom is 0.160 e. The predicted octanol–water partition coefficient (Wildman–Crippen LogP) is 11.3. The van der Waals surface area contributed by atoms with Crippen LogP contribution in [0.1, 0.15) is 22.9 Å². The van der Waals surface area contributed by atoms with Gasteiger partial charge in [-0.05, 0) is 74.6 Å². The number of rotatable bonds is 4. The Labute approximate surface area is 297 Å². The molecule has 6 heteroatoms. The highest BCUT2D eigenvalue weighted by atomic mass is 16.3. The molecule has 0 fully saturated rings. The quantitative estimate of drug-likeness (QED) is 0.202. The lowest BCUT2D eigenvalue weighted by Crippen LogP contribution is -2.33. The maximum atomic E-state index is 6.27. The number of hydrogen-bond acceptors (Lipinski definition) is 6. The third kappa shape index (κ3) is 4.48. The molecule has 6 nitrogen and oxygen atoms in total. The number of benzene rings is 7. The van der Waals surface area contributed by atoms with Crippen molar-refractivity contribution in [3.8, 4) is 11.1 Å². The van der Waals surface area contributed by atoms with Gasteiger partial charge >= 0.3 is 0 Å². The van der Waals surface area contributed by atoms with E-state index in [4.69, 9.17) is 18.8 Å². The number of aliphatic imine (C=N–C) groups is 2. The van der Waals surface area contributed by atoms with Gasteiger partial charge in [-0.3, -0.25) is 4.98 Å². The van der Waals surface area contributed by atoms with Gasteiger partial charge in [0.1, 0.15) is 34.3 Å². The summed E-state index contributed by atoms with van der Waals surface area (Å²) in [6.07, 6.45) is 3.30. The fourth-order valence-corrected chi connectivity index (χ4v) is 7.79. The van der Waals surface area contributed by atoms with Crippen LogP contribution in [-0.4, -0.2) is 16.7 Å². The fraction of sp³-hybridized carbons (Fsp3) is 0.0217. The normalized spacial score (nSPS) is 14.7. The van der Waals surface area contributed by atoms with Crippen molar-refractivity contribution >= 4 is 77.1 Å². The number of furan rings is 2. The molecule has 10 aromatic rings. The highest BCUT2D eigenvalue weighted by molar-refractivity contribution is 6.22. The molecule has 3 aromatic heterocycles. The molecule has 0 saturated carbocycles. The Balaban J connectivity index is 1.08. The molecule has 0 saturated heterocycles. The Kier molecular flexibility index (Phi) is 6.21. The van der Waals surface area contributed by atoms with E-state index in [-0.39, 0.29) is 6.17 Å². The van der Waals surface area contributed by atoms with Crippen molar-refractivity contribution in [2.24, 2.45) is 9.98 Å². The van der Waals surface area contributed by atoms with Gasteiger partial charge in [0.05, 0.1) is 0 Å². The van der Waals surface area contributed by atoms with Crippen LogP contribution in [0.5, 0.6) is 0 Å². The Morgan fingerprint density at radius 1 is 0.500 bits per heavy atom. The zero-order chi connectivity index (χ0) is 34.2. The third-order valence-corrected chi connectivity index (χ3v) is 10.2. The molecule has 11 rings (SSSR count). The third-order valence-electron chi connectivity index (χ3n) is 10.2. The van der Waals surface area contributed by atoms with E-state index >= 15 is 0 Å². The van der Waals surface area contributed by atoms with E-state index < -0.39 is 0 Å². The summed E-state index contributed by atoms with van der Waals surface area (Å²) in [5.74, 6) is 1.42. The van der Waals surface area contributed by atoms with Crippen LogP contribution in [-0.2, 0) is 0 Å². The first-order valence-corrected chi connectivity index (χ1v) is 17.4. The van der Waals surface area contributed by atoms with E-state index in [0.717, 1.165) is 88.3 Å². The minimum atomic E-state index is -0.358. The topological polar surface area (TPSA) is 75.9 Å². The summed E-state index contributed by atoms with van der Waals surface area (Å²) in [4.78, 5) is 14.9. The standard InChI is InChI=1S/C46H28N4O2/c1-2-9-28-24-30(19-18-27(28)8-1)44-48-45(50-46(49-44)36-14-7-17-41-43(36)35-11-3-4-15-38(35)51-41)31-20-21-32-29(25-31)10-5-12-33(32)34-13-6-16-40-42(34)37-26-47-23-22-39(37)52-40/h1-26,44H,(H,48,49,50). The van der Waals surface area contributed by atoms with Crippen molar-refractivity contribution < 1.29 is 8.83 Å². The lowest BCUT2D eigenvalue weighted by Gasteiger charge is -2.24. The maximum absolute atomic E-state index is 6.27. The molecule has 1 aliphatic rings. The summed E-state index contributed by atoms with van der Waals surface area (Å²) >= 11 is 0. The minimum Gasteiger partial charge on any atom is -0.456 e. The molecule has 0 spiro atoms. The van der Waals surface area contributed by atoms with Gasteiger partial charge in [-0.25, -0.2) is 9.98 Å². The molecule has 0 radical (unpaired) electrons. The Morgan fingerprint density at radius 3 is 2.12 bits per heavy atom. The van der Waals surface area contributed by atoms with Gasteiger partial charge in [0.15, 0.2) is 5.84 Å². The van der Waals surface area contributed by atoms with Gasteiger partial charge in [-0.1, -0.05) is 109 Å². The largest absolute Gasteiger partial charge is 0.456 e. The number of para-hydroxylation sites is 1. The molecule has 1 unspecified atom stereocenters. The van der Waals surface area contributed by atoms with Crippen molar-refractivity contribution in [1.82, 2.24) is 10.3 Å². The summed E-state index contributed by atoms with van der Waals surface area (Å²) in [6.45, 7) is 0. The molecule has 1 aliphatic heterocycles. The number of nitrogens with zero attached hydrogens (tertiary/aromatic N) is 3. The van der Waals surface area contributed by atoms with Crippen molar-refractivity contribution in [1.29, 1.82) is 0 Å². The van der Waals surface area contributed by atoms with Gasteiger partial charge in [-0.15, -0.1) is 0 Å². The lowest BCUT2D eigenvalue weighted by atomic mass is 9.94. The second-order valence-corrected chi connectivity index (χ2v) is 13.2. The number of pyridine rings is 1. The van der Waals surface area contributed by atoms with Crippen LogP contribution >= 0.6 is 0 Å². The van der Waals surface area contributed by atoms with Crippen molar-refractivity contribution in [3.05, 3.63) is 175 Å². The number of hydrogen-bond donors (Lipinski definition) is 1. The van der Waals surface area contributed by atoms with Gasteiger partial charge < -0.3 is 14.2 Å². The van der Waals surface area contributed by atoms with E-state index in [1.54, 1.807) is 6.20 Å². The van der Waals surface area contributed by atoms with Crippen molar-refractivity contribution in [2.75, 3.05) is 0 Å². The Morgan fingerprint density at radius 2 is 1.21 bits per heavy atom. The van der Waals surface area contributed by atoms with Gasteiger partial charge in [0, 0.05) is 45.1 Å². The molecule has 0 bridgehead atoms. The number of aromatic nitrogens is 1. The zero-order valence-electron chi connectivity index (χ0n) is 27.7. The van der Waals surface area contributed by atoms with Crippen LogP contribution in [0.4, 0.5) is 0 Å². The monoisotopic (exact) mass is 668 g/mol. The van der Waals surface area contributed by atoms with Crippen LogP contribution in [0.15, 0.2) is 177 Å². The molecule has 1 N–H and O–H groups in total. The first-order chi connectivity index (χ1) is 25.7. The van der Waals surface area contributed by atoms with Crippen LogP contribution in [0, 0.1) is 0 Å². The summed E-state index contributed by atoms with van der Waals surface area (Å²) in [6, 6.07) is 50.4. The molecular formula is C46H28N4O2. The summed E-state index contributed by atoms with van der Waals surface area (Å²) in [7, 11) is 0. The van der Waals surface area contributed by atoms with Crippen LogP contribution in [0.3, 0.4) is 0 Å². The first-order valence-electron chi connectivity index (χ1n) is 17.4. The zero-order valence-corrected chi connectivity index (χ0v) is 27.7. The van der Waals surface area contributed by atoms with Gasteiger partial charge in [0.25, 0.3) is 0 Å². The van der Waals surface area contributed by atoms with E-state index in [1.165, 1.54) is 10.8 Å². The summed E-state index contributed by atoms with van der Waals surface area (Å²) < 4.78 is 12.5. The highest BCUT2D eigenvalue weighted by Crippen LogP contribution is 2.39. The molecule has 52 heavy (non-hydrogen) atoms. The van der Waals surface area contributed by atoms with Crippen molar-refractivity contribution in [3.63, 3.8) is 0 Å². The lowest BCUT2D eigenvalue weighted by molar-refractivity contribution is 0.668. The molecule has 4 heterocycles. The van der Waals surface area contributed by atoms with E-state index in [9.17, 15) is 0 Å². The average Bonchev–Trinajstić information content (AvgIpc) is 3.79. The summed E-state index contributed by atoms with van der Waals surface area (Å²) in [5, 5.41) is 12.4. The predicted molar refractivity (Wildman–Crippen MR) is 211 cm³/mol. The number of fused-ring (bicyclic) bond motifs is 8. The average molecular weight is 669 g/mol. The van der Waals surface area contributed by atoms with Crippen LogP contribution in [0.2, 0.25) is 0 Å². The number of nitrogens with one attached hydrogen (secondary N) is 1. The molecular weight excluding hydrogens is 641 g/mol. The van der Waals surface area contributed by atoms with Gasteiger partial charge in [-0.2, -0.15) is 0 Å². The Bertz CT molecular complexity index is 3130. The highest BCUT2D eigenvalue weighted by Gasteiger charge is 2.24. The van der Waals surface area contributed by atoms with E-state index in [0.29, 0.717) is 5.84 Å². The minimum absolute atomic E-state index is 0.358.